The first-order valence-electron chi connectivity index (χ1n) is 10.9. The lowest BCUT2D eigenvalue weighted by atomic mass is 10.0. The van der Waals surface area contributed by atoms with Crippen molar-refractivity contribution in [2.75, 3.05) is 24.1 Å². The Hall–Kier alpha value is -3.89. The number of nitrogen functional groups attached to an aromatic ring is 1. The number of amides is 3. The SMILES string of the molecule is CC(C)(C)OC(=O)N1CCC(Nc2ccc(F)cc2-n2c(N)c3c(cc2=O)C(=O)NC3=O)CC1. The number of hydrogen-bond donors (Lipinski definition) is 3. The van der Waals surface area contributed by atoms with Gasteiger partial charge in [0.05, 0.1) is 22.5 Å². The number of likely N-dealkylation sites (tertiary alicyclic amines) is 1. The number of aromatic nitrogens is 1. The van der Waals surface area contributed by atoms with Crippen molar-refractivity contribution in [2.45, 2.75) is 45.3 Å². The first-order chi connectivity index (χ1) is 15.9. The average molecular weight is 471 g/mol. The zero-order chi connectivity index (χ0) is 24.8. The average Bonchev–Trinajstić information content (AvgIpc) is 3.02. The van der Waals surface area contributed by atoms with E-state index < -0.39 is 28.8 Å². The number of fused-ring (bicyclic) bond motifs is 1. The first kappa shape index (κ1) is 23.3. The van der Waals surface area contributed by atoms with E-state index in [9.17, 15) is 23.6 Å². The van der Waals surface area contributed by atoms with Gasteiger partial charge in [0.25, 0.3) is 17.4 Å². The van der Waals surface area contributed by atoms with E-state index in [1.165, 1.54) is 12.1 Å². The van der Waals surface area contributed by atoms with Crippen molar-refractivity contribution in [1.82, 2.24) is 14.8 Å². The van der Waals surface area contributed by atoms with Gasteiger partial charge in [-0.25, -0.2) is 9.18 Å². The predicted molar refractivity (Wildman–Crippen MR) is 123 cm³/mol. The van der Waals surface area contributed by atoms with Gasteiger partial charge >= 0.3 is 6.09 Å². The number of imide groups is 1. The maximum absolute atomic E-state index is 14.2. The molecule has 11 heteroatoms. The van der Waals surface area contributed by atoms with Gasteiger partial charge in [-0.2, -0.15) is 0 Å². The van der Waals surface area contributed by atoms with E-state index >= 15 is 0 Å². The molecule has 34 heavy (non-hydrogen) atoms. The third-order valence-corrected chi connectivity index (χ3v) is 5.66. The summed E-state index contributed by atoms with van der Waals surface area (Å²) in [6.07, 6.45) is 0.821. The summed E-state index contributed by atoms with van der Waals surface area (Å²) in [6, 6.07) is 4.80. The van der Waals surface area contributed by atoms with Crippen molar-refractivity contribution in [3.63, 3.8) is 0 Å². The van der Waals surface area contributed by atoms with Gasteiger partial charge in [0.1, 0.15) is 17.2 Å². The Balaban J connectivity index is 1.59. The van der Waals surface area contributed by atoms with Crippen LogP contribution < -0.4 is 21.9 Å². The molecule has 0 atom stereocenters. The van der Waals surface area contributed by atoms with Gasteiger partial charge < -0.3 is 20.7 Å². The van der Waals surface area contributed by atoms with Crippen LogP contribution in [0.1, 0.15) is 54.3 Å². The molecule has 0 aliphatic carbocycles. The lowest BCUT2D eigenvalue weighted by Crippen LogP contribution is -2.44. The fraction of sp³-hybridized carbons (Fsp3) is 0.391. The third-order valence-electron chi connectivity index (χ3n) is 5.66. The molecular formula is C23H26FN5O5. The number of piperidine rings is 1. The van der Waals surface area contributed by atoms with Gasteiger partial charge in [0, 0.05) is 31.3 Å². The topological polar surface area (TPSA) is 136 Å². The molecule has 180 valence electrons. The van der Waals surface area contributed by atoms with Gasteiger partial charge in [0.2, 0.25) is 0 Å². The molecule has 2 aliphatic heterocycles. The van der Waals surface area contributed by atoms with E-state index in [4.69, 9.17) is 10.5 Å². The van der Waals surface area contributed by atoms with E-state index in [0.717, 1.165) is 16.7 Å². The molecular weight excluding hydrogens is 445 g/mol. The fourth-order valence-corrected chi connectivity index (χ4v) is 4.09. The highest BCUT2D eigenvalue weighted by atomic mass is 19.1. The number of hydrogen-bond acceptors (Lipinski definition) is 7. The van der Waals surface area contributed by atoms with Crippen LogP contribution in [0.2, 0.25) is 0 Å². The Morgan fingerprint density at radius 3 is 2.47 bits per heavy atom. The van der Waals surface area contributed by atoms with Crippen LogP contribution in [0.25, 0.3) is 5.69 Å². The van der Waals surface area contributed by atoms with Crippen molar-refractivity contribution < 1.29 is 23.5 Å². The van der Waals surface area contributed by atoms with Crippen molar-refractivity contribution >= 4 is 29.4 Å². The number of carbonyl (C=O) groups is 3. The number of carbonyl (C=O) groups excluding carboxylic acids is 3. The largest absolute Gasteiger partial charge is 0.444 e. The van der Waals surface area contributed by atoms with E-state index in [2.05, 4.69) is 10.6 Å². The second kappa shape index (κ2) is 8.47. The molecule has 0 saturated carbocycles. The number of anilines is 2. The number of nitrogens with two attached hydrogens (primary N) is 1. The second-order valence-corrected chi connectivity index (χ2v) is 9.32. The summed E-state index contributed by atoms with van der Waals surface area (Å²) in [7, 11) is 0. The smallest absolute Gasteiger partial charge is 0.410 e. The van der Waals surface area contributed by atoms with Crippen LogP contribution in [0.5, 0.6) is 0 Å². The van der Waals surface area contributed by atoms with Crippen LogP contribution in [-0.2, 0) is 4.74 Å². The number of halogens is 1. The highest BCUT2D eigenvalue weighted by Gasteiger charge is 2.33. The highest BCUT2D eigenvalue weighted by molar-refractivity contribution is 6.23. The third kappa shape index (κ3) is 4.45. The van der Waals surface area contributed by atoms with Crippen molar-refractivity contribution in [1.29, 1.82) is 0 Å². The number of ether oxygens (including phenoxy) is 1. The molecule has 3 amide bonds. The maximum Gasteiger partial charge on any atom is 0.410 e. The fourth-order valence-electron chi connectivity index (χ4n) is 4.09. The van der Waals surface area contributed by atoms with E-state index in [1.807, 2.05) is 0 Å². The first-order valence-corrected chi connectivity index (χ1v) is 10.9. The summed E-state index contributed by atoms with van der Waals surface area (Å²) in [5.41, 5.74) is 5.18. The number of benzene rings is 1. The molecule has 2 aliphatic rings. The zero-order valence-corrected chi connectivity index (χ0v) is 19.1. The number of nitrogens with one attached hydrogen (secondary N) is 2. The molecule has 0 spiro atoms. The lowest BCUT2D eigenvalue weighted by molar-refractivity contribution is 0.0210. The summed E-state index contributed by atoms with van der Waals surface area (Å²) in [5, 5.41) is 5.40. The van der Waals surface area contributed by atoms with Gasteiger partial charge in [-0.1, -0.05) is 0 Å². The van der Waals surface area contributed by atoms with Crippen LogP contribution in [0.15, 0.2) is 29.1 Å². The van der Waals surface area contributed by atoms with Crippen LogP contribution >= 0.6 is 0 Å². The molecule has 4 rings (SSSR count). The Labute approximate surface area is 194 Å². The van der Waals surface area contributed by atoms with Gasteiger partial charge in [0.15, 0.2) is 0 Å². The zero-order valence-electron chi connectivity index (χ0n) is 19.1. The Kier molecular flexibility index (Phi) is 5.80. The minimum Gasteiger partial charge on any atom is -0.444 e. The quantitative estimate of drug-likeness (QED) is 0.584. The van der Waals surface area contributed by atoms with Crippen molar-refractivity contribution in [3.05, 3.63) is 51.6 Å². The molecule has 1 saturated heterocycles. The van der Waals surface area contributed by atoms with Crippen LogP contribution in [-0.4, -0.2) is 52.1 Å². The molecule has 0 unspecified atom stereocenters. The summed E-state index contributed by atoms with van der Waals surface area (Å²) in [6.45, 7) is 6.35. The lowest BCUT2D eigenvalue weighted by Gasteiger charge is -2.34. The van der Waals surface area contributed by atoms with Crippen molar-refractivity contribution in [3.8, 4) is 5.69 Å². The summed E-state index contributed by atoms with van der Waals surface area (Å²) in [5.74, 6) is -2.27. The number of nitrogens with zero attached hydrogens (tertiary/aromatic N) is 2. The second-order valence-electron chi connectivity index (χ2n) is 9.32. The van der Waals surface area contributed by atoms with E-state index in [0.29, 0.717) is 31.6 Å². The Bertz CT molecular complexity index is 1240. The molecule has 0 radical (unpaired) electrons. The normalized spacial score (nSPS) is 16.3. The van der Waals surface area contributed by atoms with Crippen LogP contribution in [0.4, 0.5) is 20.7 Å². The van der Waals surface area contributed by atoms with Crippen LogP contribution in [0.3, 0.4) is 0 Å². The minimum absolute atomic E-state index is 0.0703. The Morgan fingerprint density at radius 1 is 1.15 bits per heavy atom. The molecule has 4 N–H and O–H groups in total. The summed E-state index contributed by atoms with van der Waals surface area (Å²) < 4.78 is 20.6. The van der Waals surface area contributed by atoms with Gasteiger partial charge in [-0.3, -0.25) is 24.3 Å². The van der Waals surface area contributed by atoms with Gasteiger partial charge in [-0.05, 0) is 45.7 Å². The standard InChI is InChI=1S/C23H26FN5O5/c1-23(2,3)34-22(33)28-8-6-13(7-9-28)26-15-5-4-12(24)10-16(15)29-17(30)11-14-18(19(29)25)21(32)27-20(14)31/h4-5,10-11,13,26H,6-9,25H2,1-3H3,(H,27,31,32). The molecule has 0 bridgehead atoms. The Morgan fingerprint density at radius 2 is 1.82 bits per heavy atom. The summed E-state index contributed by atoms with van der Waals surface area (Å²) in [4.78, 5) is 50.9. The highest BCUT2D eigenvalue weighted by Crippen LogP contribution is 2.29. The number of pyridine rings is 1. The van der Waals surface area contributed by atoms with Gasteiger partial charge in [-0.15, -0.1) is 0 Å². The van der Waals surface area contributed by atoms with Crippen LogP contribution in [0, 0.1) is 5.82 Å². The van der Waals surface area contributed by atoms with Crippen molar-refractivity contribution in [2.24, 2.45) is 0 Å². The molecule has 2 aromatic rings. The molecule has 1 fully saturated rings. The monoisotopic (exact) mass is 471 g/mol. The number of rotatable bonds is 3. The molecule has 3 heterocycles. The molecule has 1 aromatic heterocycles. The minimum atomic E-state index is -0.716. The predicted octanol–water partition coefficient (Wildman–Crippen LogP) is 2.25. The molecule has 1 aromatic carbocycles. The maximum atomic E-state index is 14.2. The van der Waals surface area contributed by atoms with E-state index in [1.54, 1.807) is 25.7 Å². The van der Waals surface area contributed by atoms with E-state index in [-0.39, 0.29) is 34.8 Å². The molecule has 10 nitrogen and oxygen atoms in total. The summed E-state index contributed by atoms with van der Waals surface area (Å²) >= 11 is 0.